The second kappa shape index (κ2) is 10.4. The minimum absolute atomic E-state index is 0.00955. The first-order chi connectivity index (χ1) is 14.9. The van der Waals surface area contributed by atoms with Crippen molar-refractivity contribution in [3.63, 3.8) is 0 Å². The molecule has 164 valence electrons. The maximum Gasteiger partial charge on any atom is 0.312 e. The lowest BCUT2D eigenvalue weighted by Crippen LogP contribution is -2.32. The molecule has 0 bridgehead atoms. The van der Waals surface area contributed by atoms with Crippen LogP contribution in [0.2, 0.25) is 0 Å². The molecule has 1 fully saturated rings. The molecule has 0 aliphatic carbocycles. The topological polar surface area (TPSA) is 72.9 Å². The first kappa shape index (κ1) is 22.7. The monoisotopic (exact) mass is 447 g/mol. The van der Waals surface area contributed by atoms with Crippen molar-refractivity contribution in [3.8, 4) is 5.75 Å². The van der Waals surface area contributed by atoms with Crippen molar-refractivity contribution < 1.29 is 28.2 Å². The number of ether oxygens (including phenoxy) is 2. The number of anilines is 1. The van der Waals surface area contributed by atoms with Crippen molar-refractivity contribution in [1.82, 2.24) is 0 Å². The zero-order valence-corrected chi connectivity index (χ0v) is 17.8. The SMILES string of the molecule is CCOc1ccc(N2C[C@H](C(=O)O[C@H](CCCl)C(=O)c3ccc(F)cc3)CC2=O)cc1. The fraction of sp³-hybridized carbons (Fsp3) is 0.348. The van der Waals surface area contributed by atoms with Gasteiger partial charge in [-0.1, -0.05) is 0 Å². The Morgan fingerprint density at radius 1 is 1.16 bits per heavy atom. The fourth-order valence-electron chi connectivity index (χ4n) is 3.38. The van der Waals surface area contributed by atoms with Gasteiger partial charge in [-0.3, -0.25) is 14.4 Å². The van der Waals surface area contributed by atoms with Crippen LogP contribution in [0.25, 0.3) is 0 Å². The standard InChI is InChI=1S/C23H23ClFNO5/c1-2-30-19-9-7-18(8-10-19)26-14-16(13-21(26)27)23(29)31-20(11-12-24)22(28)15-3-5-17(25)6-4-15/h3-10,16,20H,2,11-14H2,1H3/t16-,20-/m1/s1. The highest BCUT2D eigenvalue weighted by atomic mass is 35.5. The highest BCUT2D eigenvalue weighted by molar-refractivity contribution is 6.18. The molecule has 2 aromatic rings. The molecule has 1 aliphatic rings. The molecule has 8 heteroatoms. The van der Waals surface area contributed by atoms with E-state index in [1.165, 1.54) is 17.0 Å². The maximum atomic E-state index is 13.1. The molecule has 6 nitrogen and oxygen atoms in total. The molecule has 1 amide bonds. The van der Waals surface area contributed by atoms with E-state index < -0.39 is 29.6 Å². The van der Waals surface area contributed by atoms with Gasteiger partial charge in [0.05, 0.1) is 12.5 Å². The molecule has 1 aliphatic heterocycles. The molecular formula is C23H23ClFNO5. The molecule has 0 radical (unpaired) electrons. The second-order valence-electron chi connectivity index (χ2n) is 7.11. The first-order valence-electron chi connectivity index (χ1n) is 10.0. The molecular weight excluding hydrogens is 425 g/mol. The minimum atomic E-state index is -1.09. The van der Waals surface area contributed by atoms with E-state index in [1.54, 1.807) is 24.3 Å². The summed E-state index contributed by atoms with van der Waals surface area (Å²) in [5.74, 6) is -1.66. The predicted molar refractivity (Wildman–Crippen MR) is 114 cm³/mol. The molecule has 2 atom stereocenters. The van der Waals surface area contributed by atoms with Crippen LogP contribution in [-0.4, -0.2) is 42.8 Å². The van der Waals surface area contributed by atoms with Gasteiger partial charge in [0.15, 0.2) is 6.10 Å². The van der Waals surface area contributed by atoms with Gasteiger partial charge in [-0.05, 0) is 55.5 Å². The summed E-state index contributed by atoms with van der Waals surface area (Å²) in [7, 11) is 0. The highest BCUT2D eigenvalue weighted by Crippen LogP contribution is 2.28. The van der Waals surface area contributed by atoms with Crippen LogP contribution in [0.4, 0.5) is 10.1 Å². The number of alkyl halides is 1. The molecule has 3 rings (SSSR count). The summed E-state index contributed by atoms with van der Waals surface area (Å²) < 4.78 is 24.0. The number of nitrogens with zero attached hydrogens (tertiary/aromatic N) is 1. The Labute approximate surface area is 184 Å². The Balaban J connectivity index is 1.66. The van der Waals surface area contributed by atoms with E-state index in [-0.39, 0.29) is 36.7 Å². The molecule has 2 aromatic carbocycles. The van der Waals surface area contributed by atoms with E-state index in [0.29, 0.717) is 18.0 Å². The van der Waals surface area contributed by atoms with Crippen molar-refractivity contribution in [2.24, 2.45) is 5.92 Å². The van der Waals surface area contributed by atoms with Gasteiger partial charge in [-0.15, -0.1) is 11.6 Å². The van der Waals surface area contributed by atoms with Crippen molar-refractivity contribution in [3.05, 3.63) is 59.9 Å². The van der Waals surface area contributed by atoms with Gasteiger partial charge in [0.2, 0.25) is 11.7 Å². The van der Waals surface area contributed by atoms with E-state index >= 15 is 0 Å². The number of ketones is 1. The van der Waals surface area contributed by atoms with E-state index in [4.69, 9.17) is 21.1 Å². The molecule has 31 heavy (non-hydrogen) atoms. The third-order valence-corrected chi connectivity index (χ3v) is 5.19. The van der Waals surface area contributed by atoms with E-state index in [9.17, 15) is 18.8 Å². The highest BCUT2D eigenvalue weighted by Gasteiger charge is 2.38. The van der Waals surface area contributed by atoms with E-state index in [0.717, 1.165) is 12.1 Å². The van der Waals surface area contributed by atoms with Crippen LogP contribution in [0.15, 0.2) is 48.5 Å². The molecule has 0 spiro atoms. The molecule has 0 N–H and O–H groups in total. The largest absolute Gasteiger partial charge is 0.494 e. The Kier molecular flexibility index (Phi) is 7.63. The molecule has 1 saturated heterocycles. The van der Waals surface area contributed by atoms with Crippen molar-refractivity contribution in [1.29, 1.82) is 0 Å². The summed E-state index contributed by atoms with van der Waals surface area (Å²) in [6, 6.07) is 12.0. The number of carbonyl (C=O) groups excluding carboxylic acids is 3. The smallest absolute Gasteiger partial charge is 0.312 e. The van der Waals surface area contributed by atoms with Gasteiger partial charge in [0.25, 0.3) is 0 Å². The minimum Gasteiger partial charge on any atom is -0.494 e. The van der Waals surface area contributed by atoms with Gasteiger partial charge in [0, 0.05) is 36.5 Å². The quantitative estimate of drug-likeness (QED) is 0.330. The average Bonchev–Trinajstić information content (AvgIpc) is 3.16. The third-order valence-electron chi connectivity index (χ3n) is 4.97. The van der Waals surface area contributed by atoms with E-state index in [2.05, 4.69) is 0 Å². The van der Waals surface area contributed by atoms with Crippen LogP contribution in [0.1, 0.15) is 30.1 Å². The summed E-state index contributed by atoms with van der Waals surface area (Å²) in [5.41, 5.74) is 0.881. The number of halogens is 2. The van der Waals surface area contributed by atoms with Gasteiger partial charge in [-0.25, -0.2) is 4.39 Å². The van der Waals surface area contributed by atoms with Crippen LogP contribution in [0.3, 0.4) is 0 Å². The maximum absolute atomic E-state index is 13.1. The fourth-order valence-corrected chi connectivity index (χ4v) is 3.58. The van der Waals surface area contributed by atoms with Crippen LogP contribution >= 0.6 is 11.6 Å². The Bertz CT molecular complexity index is 932. The number of carbonyl (C=O) groups is 3. The number of hydrogen-bond donors (Lipinski definition) is 0. The van der Waals surface area contributed by atoms with Gasteiger partial charge in [-0.2, -0.15) is 0 Å². The molecule has 0 aromatic heterocycles. The lowest BCUT2D eigenvalue weighted by atomic mass is 10.0. The van der Waals surface area contributed by atoms with Crippen LogP contribution < -0.4 is 9.64 Å². The summed E-state index contributed by atoms with van der Waals surface area (Å²) in [4.78, 5) is 39.4. The Morgan fingerprint density at radius 2 is 1.84 bits per heavy atom. The summed E-state index contributed by atoms with van der Waals surface area (Å²) in [6.45, 7) is 2.58. The normalized spacial score (nSPS) is 16.8. The van der Waals surface area contributed by atoms with Crippen LogP contribution in [0.5, 0.6) is 5.75 Å². The Morgan fingerprint density at radius 3 is 2.45 bits per heavy atom. The number of benzene rings is 2. The first-order valence-corrected chi connectivity index (χ1v) is 10.6. The molecule has 0 saturated carbocycles. The summed E-state index contributed by atoms with van der Waals surface area (Å²) in [6.07, 6.45) is -0.984. The third kappa shape index (κ3) is 5.61. The van der Waals surface area contributed by atoms with Crippen molar-refractivity contribution in [2.45, 2.75) is 25.9 Å². The molecule has 0 unspecified atom stereocenters. The van der Waals surface area contributed by atoms with Crippen molar-refractivity contribution >= 4 is 34.9 Å². The van der Waals surface area contributed by atoms with Gasteiger partial charge >= 0.3 is 5.97 Å². The van der Waals surface area contributed by atoms with Crippen LogP contribution in [0, 0.1) is 11.7 Å². The van der Waals surface area contributed by atoms with E-state index in [1.807, 2.05) is 6.92 Å². The number of hydrogen-bond acceptors (Lipinski definition) is 5. The van der Waals surface area contributed by atoms with Crippen LogP contribution in [-0.2, 0) is 14.3 Å². The summed E-state index contributed by atoms with van der Waals surface area (Å²) in [5, 5.41) is 0. The van der Waals surface area contributed by atoms with Gasteiger partial charge in [0.1, 0.15) is 11.6 Å². The number of Topliss-reactive ketones (excluding diaryl/α,β-unsaturated/α-hetero) is 1. The van der Waals surface area contributed by atoms with Crippen molar-refractivity contribution in [2.75, 3.05) is 23.9 Å². The second-order valence-corrected chi connectivity index (χ2v) is 7.48. The Hall–Kier alpha value is -2.93. The lowest BCUT2D eigenvalue weighted by molar-refractivity contribution is -0.151. The predicted octanol–water partition coefficient (Wildman–Crippen LogP) is 4.00. The number of rotatable bonds is 9. The number of esters is 1. The lowest BCUT2D eigenvalue weighted by Gasteiger charge is -2.19. The zero-order chi connectivity index (χ0) is 22.4. The molecule has 1 heterocycles. The zero-order valence-electron chi connectivity index (χ0n) is 17.1. The average molecular weight is 448 g/mol. The number of amides is 1. The summed E-state index contributed by atoms with van der Waals surface area (Å²) >= 11 is 5.78. The van der Waals surface area contributed by atoms with Gasteiger partial charge < -0.3 is 14.4 Å².